The van der Waals surface area contributed by atoms with Crippen LogP contribution in [0.5, 0.6) is 0 Å². The number of thioether (sulfide) groups is 1. The van der Waals surface area contributed by atoms with E-state index < -0.39 is 0 Å². The minimum atomic E-state index is -0.388. The molecule has 116 valence electrons. The fraction of sp³-hybridized carbons (Fsp3) is 0.375. The van der Waals surface area contributed by atoms with Crippen LogP contribution in [0, 0.1) is 0 Å². The van der Waals surface area contributed by atoms with Crippen LogP contribution < -0.4 is 5.73 Å². The normalized spacial score (nSPS) is 15.1. The predicted octanol–water partition coefficient (Wildman–Crippen LogP) is 3.28. The number of nitrogens with two attached hydrogens (primary N) is 1. The molecular weight excluding hydrogens is 298 g/mol. The highest BCUT2D eigenvalue weighted by Gasteiger charge is 2.27. The lowest BCUT2D eigenvalue weighted by molar-refractivity contribution is 0.0309. The molecule has 22 heavy (non-hydrogen) atoms. The molecule has 0 aliphatic heterocycles. The Hall–Kier alpha value is -1.95. The molecule has 1 aliphatic rings. The van der Waals surface area contributed by atoms with Gasteiger partial charge in [0.2, 0.25) is 0 Å². The van der Waals surface area contributed by atoms with Crippen LogP contribution in [0.3, 0.4) is 0 Å². The highest BCUT2D eigenvalue weighted by molar-refractivity contribution is 7.98. The number of carbonyl (C=O) groups is 1. The molecule has 1 fully saturated rings. The molecule has 2 aromatic rings. The van der Waals surface area contributed by atoms with Gasteiger partial charge < -0.3 is 10.5 Å². The van der Waals surface area contributed by atoms with E-state index in [2.05, 4.69) is 4.98 Å². The van der Waals surface area contributed by atoms with Crippen LogP contribution in [-0.4, -0.2) is 27.9 Å². The van der Waals surface area contributed by atoms with Crippen LogP contribution in [0.15, 0.2) is 35.5 Å². The summed E-state index contributed by atoms with van der Waals surface area (Å²) in [7, 11) is 0. The maximum Gasteiger partial charge on any atom is 0.359 e. The zero-order valence-corrected chi connectivity index (χ0v) is 13.3. The summed E-state index contributed by atoms with van der Waals surface area (Å²) < 4.78 is 7.38. The van der Waals surface area contributed by atoms with Crippen molar-refractivity contribution < 1.29 is 9.53 Å². The Morgan fingerprint density at radius 2 is 2.00 bits per heavy atom. The number of imidazole rings is 1. The van der Waals surface area contributed by atoms with Gasteiger partial charge in [0.25, 0.3) is 0 Å². The lowest BCUT2D eigenvalue weighted by atomic mass is 10.3. The van der Waals surface area contributed by atoms with E-state index in [1.807, 2.05) is 36.6 Å². The van der Waals surface area contributed by atoms with Crippen LogP contribution in [-0.2, 0) is 4.74 Å². The van der Waals surface area contributed by atoms with Crippen molar-refractivity contribution in [3.63, 3.8) is 0 Å². The average Bonchev–Trinajstić information content (AvgIpc) is 3.15. The van der Waals surface area contributed by atoms with E-state index >= 15 is 0 Å². The van der Waals surface area contributed by atoms with Gasteiger partial charge in [-0.25, -0.2) is 9.78 Å². The molecule has 1 aromatic heterocycles. The van der Waals surface area contributed by atoms with Crippen molar-refractivity contribution in [1.82, 2.24) is 9.55 Å². The van der Waals surface area contributed by atoms with Crippen LogP contribution in [0.2, 0.25) is 0 Å². The number of para-hydroxylation sites is 1. The fourth-order valence-electron chi connectivity index (χ4n) is 2.78. The molecular formula is C16H19N3O2S. The second-order valence-corrected chi connectivity index (χ2v) is 6.09. The second kappa shape index (κ2) is 6.44. The third kappa shape index (κ3) is 2.83. The number of anilines is 1. The highest BCUT2D eigenvalue weighted by Crippen LogP contribution is 2.28. The van der Waals surface area contributed by atoms with Gasteiger partial charge in [-0.05, 0) is 44.1 Å². The van der Waals surface area contributed by atoms with Gasteiger partial charge in [-0.3, -0.25) is 4.57 Å². The number of hydrogen-bond donors (Lipinski definition) is 1. The first-order valence-corrected chi connectivity index (χ1v) is 8.61. The Labute approximate surface area is 133 Å². The van der Waals surface area contributed by atoms with Crippen molar-refractivity contribution in [2.75, 3.05) is 12.0 Å². The summed E-state index contributed by atoms with van der Waals surface area (Å²) in [4.78, 5) is 16.9. The molecule has 0 radical (unpaired) electrons. The Morgan fingerprint density at radius 3 is 2.64 bits per heavy atom. The number of nitrogen functional groups attached to an aromatic ring is 1. The first kappa shape index (κ1) is 15.0. The largest absolute Gasteiger partial charge is 0.458 e. The van der Waals surface area contributed by atoms with Gasteiger partial charge >= 0.3 is 5.97 Å². The van der Waals surface area contributed by atoms with E-state index in [1.54, 1.807) is 4.57 Å². The number of benzene rings is 1. The fourth-order valence-corrected chi connectivity index (χ4v) is 3.35. The number of ether oxygens (including phenoxy) is 1. The summed E-state index contributed by atoms with van der Waals surface area (Å²) in [6.07, 6.45) is 6.00. The molecule has 3 rings (SSSR count). The summed E-state index contributed by atoms with van der Waals surface area (Å²) in [6, 6.07) is 9.61. The summed E-state index contributed by atoms with van der Waals surface area (Å²) in [6.45, 7) is 0. The van der Waals surface area contributed by atoms with Crippen molar-refractivity contribution >= 4 is 23.5 Å². The van der Waals surface area contributed by atoms with E-state index in [0.717, 1.165) is 31.4 Å². The smallest absolute Gasteiger partial charge is 0.359 e. The van der Waals surface area contributed by atoms with Gasteiger partial charge in [-0.2, -0.15) is 0 Å². The number of hydrogen-bond acceptors (Lipinski definition) is 5. The molecule has 0 amide bonds. The molecule has 0 saturated heterocycles. The van der Waals surface area contributed by atoms with Gasteiger partial charge in [0.15, 0.2) is 16.7 Å². The molecule has 0 spiro atoms. The number of carbonyl (C=O) groups excluding carboxylic acids is 1. The minimum absolute atomic E-state index is 0.00347. The van der Waals surface area contributed by atoms with Crippen LogP contribution in [0.25, 0.3) is 5.69 Å². The number of rotatable bonds is 4. The Bertz CT molecular complexity index is 664. The highest BCUT2D eigenvalue weighted by atomic mass is 32.2. The van der Waals surface area contributed by atoms with Crippen LogP contribution in [0.1, 0.15) is 36.2 Å². The van der Waals surface area contributed by atoms with Crippen molar-refractivity contribution in [1.29, 1.82) is 0 Å². The molecule has 1 aliphatic carbocycles. The van der Waals surface area contributed by atoms with Crippen molar-refractivity contribution in [2.24, 2.45) is 0 Å². The minimum Gasteiger partial charge on any atom is -0.458 e. The van der Waals surface area contributed by atoms with Crippen molar-refractivity contribution in [3.05, 3.63) is 36.0 Å². The van der Waals surface area contributed by atoms with Crippen LogP contribution >= 0.6 is 11.8 Å². The van der Waals surface area contributed by atoms with E-state index in [0.29, 0.717) is 10.9 Å². The van der Waals surface area contributed by atoms with Crippen LogP contribution in [0.4, 0.5) is 5.82 Å². The second-order valence-electron chi connectivity index (χ2n) is 5.32. The SMILES string of the molecule is CSc1nc(N)c(C(=O)OC2CCCC2)n1-c1ccccc1. The van der Waals surface area contributed by atoms with Gasteiger partial charge in [0, 0.05) is 5.69 Å². The quantitative estimate of drug-likeness (QED) is 0.692. The summed E-state index contributed by atoms with van der Waals surface area (Å²) in [5.74, 6) is -0.169. The molecule has 1 heterocycles. The molecule has 0 unspecified atom stereocenters. The number of aromatic nitrogens is 2. The topological polar surface area (TPSA) is 70.1 Å². The lowest BCUT2D eigenvalue weighted by Crippen LogP contribution is -2.19. The van der Waals surface area contributed by atoms with Gasteiger partial charge in [-0.15, -0.1) is 0 Å². The molecule has 2 N–H and O–H groups in total. The molecule has 5 nitrogen and oxygen atoms in total. The summed E-state index contributed by atoms with van der Waals surface area (Å²) in [5.41, 5.74) is 7.16. The average molecular weight is 317 g/mol. The van der Waals surface area contributed by atoms with E-state index in [-0.39, 0.29) is 17.9 Å². The third-order valence-electron chi connectivity index (χ3n) is 3.84. The van der Waals surface area contributed by atoms with Gasteiger partial charge in [0.1, 0.15) is 6.10 Å². The Balaban J connectivity index is 1.99. The zero-order valence-electron chi connectivity index (χ0n) is 12.5. The maximum atomic E-state index is 12.6. The Kier molecular flexibility index (Phi) is 4.38. The molecule has 6 heteroatoms. The van der Waals surface area contributed by atoms with Gasteiger partial charge in [-0.1, -0.05) is 30.0 Å². The molecule has 0 bridgehead atoms. The molecule has 1 saturated carbocycles. The maximum absolute atomic E-state index is 12.6. The Morgan fingerprint density at radius 1 is 1.32 bits per heavy atom. The monoisotopic (exact) mass is 317 g/mol. The number of esters is 1. The summed E-state index contributed by atoms with van der Waals surface area (Å²) >= 11 is 1.45. The van der Waals surface area contributed by atoms with Gasteiger partial charge in [0.05, 0.1) is 0 Å². The van der Waals surface area contributed by atoms with Crippen molar-refractivity contribution in [3.8, 4) is 5.69 Å². The third-order valence-corrected chi connectivity index (χ3v) is 4.48. The van der Waals surface area contributed by atoms with Crippen molar-refractivity contribution in [2.45, 2.75) is 36.9 Å². The predicted molar refractivity (Wildman–Crippen MR) is 87.4 cm³/mol. The number of nitrogens with zero attached hydrogens (tertiary/aromatic N) is 2. The summed E-state index contributed by atoms with van der Waals surface area (Å²) in [5, 5.41) is 0.682. The standard InChI is InChI=1S/C16H19N3O2S/c1-22-16-18-14(17)13(15(20)21-12-9-5-6-10-12)19(16)11-7-3-2-4-8-11/h2-4,7-8,12H,5-6,9-10,17H2,1H3. The van der Waals surface area contributed by atoms with E-state index in [9.17, 15) is 4.79 Å². The van der Waals surface area contributed by atoms with E-state index in [4.69, 9.17) is 10.5 Å². The molecule has 0 atom stereocenters. The van der Waals surface area contributed by atoms with E-state index in [1.165, 1.54) is 11.8 Å². The first-order chi connectivity index (χ1) is 10.7. The first-order valence-electron chi connectivity index (χ1n) is 7.39. The lowest BCUT2D eigenvalue weighted by Gasteiger charge is -2.14. The zero-order chi connectivity index (χ0) is 15.5. The molecule has 1 aromatic carbocycles.